The Balaban J connectivity index is 2.44. The second kappa shape index (κ2) is 7.88. The molecule has 5 N–H and O–H groups in total. The fourth-order valence-electron chi connectivity index (χ4n) is 1.64. The number of aliphatic carboxylic acids is 1. The maximum atomic E-state index is 11.6. The molecular formula is C14H19N3O4. The minimum atomic E-state index is -1.21. The van der Waals surface area contributed by atoms with Gasteiger partial charge in [-0.1, -0.05) is 29.8 Å². The predicted molar refractivity (Wildman–Crippen MR) is 76.4 cm³/mol. The number of carboxylic acid groups (broad SMARTS) is 1. The molecule has 114 valence electrons. The molecule has 0 aliphatic carbocycles. The molecule has 1 aromatic rings. The smallest absolute Gasteiger partial charge is 0.326 e. The molecule has 21 heavy (non-hydrogen) atoms. The van der Waals surface area contributed by atoms with Gasteiger partial charge in [-0.3, -0.25) is 4.79 Å². The van der Waals surface area contributed by atoms with Crippen molar-refractivity contribution in [2.45, 2.75) is 32.4 Å². The normalized spacial score (nSPS) is 11.5. The number of aryl methyl sites for hydroxylation is 1. The van der Waals surface area contributed by atoms with Crippen molar-refractivity contribution in [3.63, 3.8) is 0 Å². The molecule has 0 aliphatic rings. The van der Waals surface area contributed by atoms with Crippen LogP contribution in [0.1, 0.15) is 24.0 Å². The summed E-state index contributed by atoms with van der Waals surface area (Å²) in [5.41, 5.74) is 6.97. The maximum Gasteiger partial charge on any atom is 0.326 e. The third-order valence-corrected chi connectivity index (χ3v) is 2.86. The number of nitrogens with two attached hydrogens (primary N) is 1. The number of hydrogen-bond acceptors (Lipinski definition) is 3. The first-order valence-electron chi connectivity index (χ1n) is 6.49. The van der Waals surface area contributed by atoms with Gasteiger partial charge < -0.3 is 21.5 Å². The fraction of sp³-hybridized carbons (Fsp3) is 0.357. The molecule has 0 spiro atoms. The Bertz CT molecular complexity index is 513. The van der Waals surface area contributed by atoms with Gasteiger partial charge in [0, 0.05) is 13.0 Å². The molecule has 1 aromatic carbocycles. The van der Waals surface area contributed by atoms with Crippen LogP contribution in [0.5, 0.6) is 0 Å². The zero-order valence-corrected chi connectivity index (χ0v) is 11.8. The van der Waals surface area contributed by atoms with Crippen molar-refractivity contribution in [1.29, 1.82) is 0 Å². The van der Waals surface area contributed by atoms with Crippen molar-refractivity contribution in [2.75, 3.05) is 0 Å². The minimum absolute atomic E-state index is 0.0391. The van der Waals surface area contributed by atoms with Crippen LogP contribution >= 0.6 is 0 Å². The summed E-state index contributed by atoms with van der Waals surface area (Å²) in [4.78, 5) is 33.3. The molecule has 0 radical (unpaired) electrons. The SMILES string of the molecule is Cc1ccc(CNC(=O)NC(CCC(N)=O)C(=O)O)cc1. The Kier molecular flexibility index (Phi) is 6.19. The van der Waals surface area contributed by atoms with Gasteiger partial charge in [-0.05, 0) is 18.9 Å². The van der Waals surface area contributed by atoms with Gasteiger partial charge in [0.2, 0.25) is 5.91 Å². The van der Waals surface area contributed by atoms with Crippen LogP contribution in [0.2, 0.25) is 0 Å². The topological polar surface area (TPSA) is 122 Å². The number of rotatable bonds is 7. The van der Waals surface area contributed by atoms with E-state index in [1.165, 1.54) is 0 Å². The minimum Gasteiger partial charge on any atom is -0.480 e. The maximum absolute atomic E-state index is 11.6. The highest BCUT2D eigenvalue weighted by Gasteiger charge is 2.20. The number of urea groups is 1. The molecule has 1 unspecified atom stereocenters. The highest BCUT2D eigenvalue weighted by Crippen LogP contribution is 2.02. The monoisotopic (exact) mass is 293 g/mol. The summed E-state index contributed by atoms with van der Waals surface area (Å²) in [5.74, 6) is -1.81. The summed E-state index contributed by atoms with van der Waals surface area (Å²) in [6, 6.07) is 5.83. The van der Waals surface area contributed by atoms with E-state index in [9.17, 15) is 14.4 Å². The van der Waals surface area contributed by atoms with Crippen molar-refractivity contribution in [1.82, 2.24) is 10.6 Å². The number of carboxylic acids is 1. The van der Waals surface area contributed by atoms with Crippen LogP contribution in [0.25, 0.3) is 0 Å². The van der Waals surface area contributed by atoms with Gasteiger partial charge in [-0.2, -0.15) is 0 Å². The quantitative estimate of drug-likeness (QED) is 0.585. The van der Waals surface area contributed by atoms with E-state index in [1.807, 2.05) is 31.2 Å². The Labute approximate surface area is 122 Å². The summed E-state index contributed by atoms with van der Waals surface area (Å²) < 4.78 is 0. The molecule has 0 saturated heterocycles. The highest BCUT2D eigenvalue weighted by molar-refractivity contribution is 5.83. The molecule has 0 saturated carbocycles. The van der Waals surface area contributed by atoms with Crippen molar-refractivity contribution in [3.05, 3.63) is 35.4 Å². The third kappa shape index (κ3) is 6.42. The van der Waals surface area contributed by atoms with Crippen LogP contribution in [-0.2, 0) is 16.1 Å². The Morgan fingerprint density at radius 3 is 2.38 bits per heavy atom. The molecule has 7 heteroatoms. The third-order valence-electron chi connectivity index (χ3n) is 2.86. The van der Waals surface area contributed by atoms with Crippen molar-refractivity contribution in [3.8, 4) is 0 Å². The van der Waals surface area contributed by atoms with E-state index in [1.54, 1.807) is 0 Å². The van der Waals surface area contributed by atoms with Crippen molar-refractivity contribution >= 4 is 17.9 Å². The zero-order valence-electron chi connectivity index (χ0n) is 11.8. The molecular weight excluding hydrogens is 274 g/mol. The van der Waals surface area contributed by atoms with Gasteiger partial charge in [-0.15, -0.1) is 0 Å². The number of nitrogens with one attached hydrogen (secondary N) is 2. The summed E-state index contributed by atoms with van der Waals surface area (Å²) in [6.45, 7) is 2.24. The molecule has 0 aromatic heterocycles. The lowest BCUT2D eigenvalue weighted by Crippen LogP contribution is -2.46. The lowest BCUT2D eigenvalue weighted by Gasteiger charge is -2.14. The first kappa shape index (κ1) is 16.5. The van der Waals surface area contributed by atoms with E-state index >= 15 is 0 Å². The van der Waals surface area contributed by atoms with Crippen LogP contribution in [0.3, 0.4) is 0 Å². The molecule has 0 bridgehead atoms. The Morgan fingerprint density at radius 1 is 1.24 bits per heavy atom. The van der Waals surface area contributed by atoms with E-state index in [0.717, 1.165) is 11.1 Å². The van der Waals surface area contributed by atoms with Crippen molar-refractivity contribution in [2.24, 2.45) is 5.73 Å². The number of carbonyl (C=O) groups excluding carboxylic acids is 2. The molecule has 0 aliphatic heterocycles. The van der Waals surface area contributed by atoms with Gasteiger partial charge >= 0.3 is 12.0 Å². The Hall–Kier alpha value is -2.57. The Morgan fingerprint density at radius 2 is 1.86 bits per heavy atom. The first-order valence-corrected chi connectivity index (χ1v) is 6.49. The van der Waals surface area contributed by atoms with E-state index in [4.69, 9.17) is 10.8 Å². The standard InChI is InChI=1S/C14H19N3O4/c1-9-2-4-10(5-3-9)8-16-14(21)17-11(13(19)20)6-7-12(15)18/h2-5,11H,6-8H2,1H3,(H2,15,18)(H,19,20)(H2,16,17,21). The lowest BCUT2D eigenvalue weighted by molar-refractivity contribution is -0.139. The number of benzene rings is 1. The van der Waals surface area contributed by atoms with Crippen LogP contribution in [0, 0.1) is 6.92 Å². The van der Waals surface area contributed by atoms with Gasteiger partial charge in [-0.25, -0.2) is 9.59 Å². The van der Waals surface area contributed by atoms with Gasteiger partial charge in [0.15, 0.2) is 0 Å². The highest BCUT2D eigenvalue weighted by atomic mass is 16.4. The average molecular weight is 293 g/mol. The first-order chi connectivity index (χ1) is 9.88. The molecule has 7 nitrogen and oxygen atoms in total. The summed E-state index contributed by atoms with van der Waals surface area (Å²) in [6.07, 6.45) is -0.141. The largest absolute Gasteiger partial charge is 0.480 e. The summed E-state index contributed by atoms with van der Waals surface area (Å²) >= 11 is 0. The van der Waals surface area contributed by atoms with E-state index in [-0.39, 0.29) is 19.4 Å². The summed E-state index contributed by atoms with van der Waals surface area (Å²) in [5, 5.41) is 13.8. The number of carbonyl (C=O) groups is 3. The van der Waals surface area contributed by atoms with Crippen LogP contribution in [-0.4, -0.2) is 29.1 Å². The average Bonchev–Trinajstić information content (AvgIpc) is 2.42. The second-order valence-electron chi connectivity index (χ2n) is 4.71. The lowest BCUT2D eigenvalue weighted by atomic mass is 10.1. The van der Waals surface area contributed by atoms with E-state index in [0.29, 0.717) is 0 Å². The van der Waals surface area contributed by atoms with E-state index < -0.39 is 23.9 Å². The van der Waals surface area contributed by atoms with E-state index in [2.05, 4.69) is 10.6 Å². The second-order valence-corrected chi connectivity index (χ2v) is 4.71. The van der Waals surface area contributed by atoms with Gasteiger partial charge in [0.25, 0.3) is 0 Å². The number of amides is 3. The number of primary amides is 1. The molecule has 1 rings (SSSR count). The van der Waals surface area contributed by atoms with Crippen LogP contribution in [0.4, 0.5) is 4.79 Å². The summed E-state index contributed by atoms with van der Waals surface area (Å²) in [7, 11) is 0. The molecule has 0 fully saturated rings. The molecule has 1 atom stereocenters. The van der Waals surface area contributed by atoms with Gasteiger partial charge in [0.05, 0.1) is 0 Å². The van der Waals surface area contributed by atoms with Gasteiger partial charge in [0.1, 0.15) is 6.04 Å². The predicted octanol–water partition coefficient (Wildman–Crippen LogP) is 0.513. The molecule has 3 amide bonds. The fourth-order valence-corrected chi connectivity index (χ4v) is 1.64. The van der Waals surface area contributed by atoms with Crippen molar-refractivity contribution < 1.29 is 19.5 Å². The molecule has 0 heterocycles. The zero-order chi connectivity index (χ0) is 15.8. The number of hydrogen-bond donors (Lipinski definition) is 4. The van der Waals surface area contributed by atoms with Crippen LogP contribution in [0.15, 0.2) is 24.3 Å². The van der Waals surface area contributed by atoms with Crippen LogP contribution < -0.4 is 16.4 Å².